The number of carbonyl (C=O) groups is 1. The molecule has 4 rings (SSSR count). The molecule has 0 amide bonds. The van der Waals surface area contributed by atoms with Crippen molar-refractivity contribution in [3.63, 3.8) is 0 Å². The fraction of sp³-hybridized carbons (Fsp3) is 0.150. The zero-order chi connectivity index (χ0) is 22.1. The summed E-state index contributed by atoms with van der Waals surface area (Å²) in [6.45, 7) is 1.96. The summed E-state index contributed by atoms with van der Waals surface area (Å²) in [4.78, 5) is 13.6. The third kappa shape index (κ3) is 4.12. The number of H-pyrrole nitrogens is 1. The van der Waals surface area contributed by atoms with E-state index in [1.165, 1.54) is 0 Å². The van der Waals surface area contributed by atoms with Crippen LogP contribution in [0.2, 0.25) is 0 Å². The minimum Gasteiger partial charge on any atom is -0.508 e. The molecule has 2 heterocycles. The van der Waals surface area contributed by atoms with E-state index in [9.17, 15) is 18.3 Å². The normalized spacial score (nSPS) is 11.2. The maximum atomic E-state index is 10.6. The Bertz CT molecular complexity index is 1220. The molecule has 0 fully saturated rings. The maximum absolute atomic E-state index is 10.6. The molecule has 0 spiro atoms. The van der Waals surface area contributed by atoms with Crippen LogP contribution in [0.4, 0.5) is 13.2 Å². The van der Waals surface area contributed by atoms with Crippen LogP contribution in [-0.4, -0.2) is 44.6 Å². The van der Waals surface area contributed by atoms with Crippen molar-refractivity contribution in [3.05, 3.63) is 48.2 Å². The molecule has 3 N–H and O–H groups in total. The second-order valence-electron chi connectivity index (χ2n) is 6.25. The molecule has 7 nitrogen and oxygen atoms in total. The Hall–Kier alpha value is -3.82. The number of alkyl halides is 3. The lowest BCUT2D eigenvalue weighted by molar-refractivity contribution is -0.192. The van der Waals surface area contributed by atoms with Gasteiger partial charge in [-0.15, -0.1) is 0 Å². The number of carboxylic acids is 1. The van der Waals surface area contributed by atoms with Gasteiger partial charge in [0.2, 0.25) is 0 Å². The van der Waals surface area contributed by atoms with Crippen molar-refractivity contribution in [1.29, 1.82) is 0 Å². The van der Waals surface area contributed by atoms with Gasteiger partial charge < -0.3 is 14.9 Å². The minimum atomic E-state index is -5.08. The summed E-state index contributed by atoms with van der Waals surface area (Å²) in [5.41, 5.74) is 3.43. The molecule has 156 valence electrons. The predicted molar refractivity (Wildman–Crippen MR) is 103 cm³/mol. The number of carboxylic acid groups (broad SMARTS) is 1. The average molecular weight is 419 g/mol. The zero-order valence-electron chi connectivity index (χ0n) is 15.8. The number of fused-ring (bicyclic) bond motifs is 3. The summed E-state index contributed by atoms with van der Waals surface area (Å²) in [7, 11) is 1.66. The summed E-state index contributed by atoms with van der Waals surface area (Å²) < 4.78 is 37.1. The smallest absolute Gasteiger partial charge is 0.490 e. The molecule has 0 saturated heterocycles. The molecule has 0 aliphatic carbocycles. The van der Waals surface area contributed by atoms with E-state index in [0.717, 1.165) is 44.5 Å². The minimum absolute atomic E-state index is 0.234. The fourth-order valence-corrected chi connectivity index (χ4v) is 2.90. The number of aromatic amines is 1. The van der Waals surface area contributed by atoms with Crippen LogP contribution >= 0.6 is 0 Å². The Morgan fingerprint density at radius 1 is 1.10 bits per heavy atom. The molecule has 0 unspecified atom stereocenters. The Kier molecular flexibility index (Phi) is 5.50. The number of phenolic OH excluding ortho intramolecular Hbond substituents is 1. The number of halogens is 3. The van der Waals surface area contributed by atoms with Crippen molar-refractivity contribution in [2.45, 2.75) is 13.1 Å². The first kappa shape index (κ1) is 20.9. The second kappa shape index (κ2) is 7.90. The summed E-state index contributed by atoms with van der Waals surface area (Å²) in [6.07, 6.45) is -5.08. The van der Waals surface area contributed by atoms with Gasteiger partial charge in [-0.2, -0.15) is 18.3 Å². The molecular weight excluding hydrogens is 403 g/mol. The molecule has 0 atom stereocenters. The number of hydrogen-bond acceptors (Lipinski definition) is 5. The third-order valence-electron chi connectivity index (χ3n) is 4.29. The standard InChI is InChI=1S/C18H15N3O2.C2HF3O2/c1-10-16-15-9-13(23-2)7-8-14(15)17(19-18(16)21-20-10)11-3-5-12(22)6-4-11;3-2(4,5)1(6)7/h3-9,22H,1-2H3,(H,19,20,21);(H,6,7). The van der Waals surface area contributed by atoms with E-state index in [2.05, 4.69) is 10.2 Å². The van der Waals surface area contributed by atoms with E-state index in [0.29, 0.717) is 0 Å². The fourth-order valence-electron chi connectivity index (χ4n) is 2.90. The SMILES string of the molecule is COc1ccc2c(-c3ccc(O)cc3)nc3[nH]nc(C)c3c2c1.O=C(O)C(F)(F)F. The molecule has 30 heavy (non-hydrogen) atoms. The highest BCUT2D eigenvalue weighted by Gasteiger charge is 2.38. The van der Waals surface area contributed by atoms with Gasteiger partial charge in [-0.1, -0.05) is 0 Å². The van der Waals surface area contributed by atoms with Crippen LogP contribution < -0.4 is 4.74 Å². The van der Waals surface area contributed by atoms with Gasteiger partial charge in [0, 0.05) is 21.7 Å². The molecule has 0 aliphatic heterocycles. The van der Waals surface area contributed by atoms with Gasteiger partial charge in [-0.25, -0.2) is 9.78 Å². The largest absolute Gasteiger partial charge is 0.508 e. The molecular formula is C20H16F3N3O4. The van der Waals surface area contributed by atoms with Gasteiger partial charge in [0.1, 0.15) is 11.5 Å². The number of aliphatic carboxylic acids is 1. The van der Waals surface area contributed by atoms with Crippen molar-refractivity contribution >= 4 is 27.8 Å². The number of pyridine rings is 1. The lowest BCUT2D eigenvalue weighted by Crippen LogP contribution is -2.21. The highest BCUT2D eigenvalue weighted by atomic mass is 19.4. The molecule has 4 aromatic rings. The molecule has 0 radical (unpaired) electrons. The van der Waals surface area contributed by atoms with Crippen LogP contribution in [0, 0.1) is 6.92 Å². The molecule has 0 saturated carbocycles. The second-order valence-corrected chi connectivity index (χ2v) is 6.25. The lowest BCUT2D eigenvalue weighted by Gasteiger charge is -2.09. The molecule has 2 aromatic heterocycles. The summed E-state index contributed by atoms with van der Waals surface area (Å²) in [5, 5.41) is 27.0. The van der Waals surface area contributed by atoms with Crippen LogP contribution in [-0.2, 0) is 4.79 Å². The van der Waals surface area contributed by atoms with Gasteiger partial charge in [0.15, 0.2) is 5.65 Å². The number of aromatic hydroxyl groups is 1. The quantitative estimate of drug-likeness (QED) is 0.444. The number of methoxy groups -OCH3 is 1. The summed E-state index contributed by atoms with van der Waals surface area (Å²) in [6, 6.07) is 13.0. The van der Waals surface area contributed by atoms with Crippen LogP contribution in [0.15, 0.2) is 42.5 Å². The Morgan fingerprint density at radius 3 is 2.30 bits per heavy atom. The summed E-state index contributed by atoms with van der Waals surface area (Å²) in [5.74, 6) is -1.73. The topological polar surface area (TPSA) is 108 Å². The first-order chi connectivity index (χ1) is 14.1. The van der Waals surface area contributed by atoms with Gasteiger partial charge in [0.05, 0.1) is 18.5 Å². The van der Waals surface area contributed by atoms with E-state index < -0.39 is 12.1 Å². The van der Waals surface area contributed by atoms with Crippen molar-refractivity contribution in [3.8, 4) is 22.8 Å². The number of aromatic nitrogens is 3. The molecule has 10 heteroatoms. The molecule has 0 bridgehead atoms. The Balaban J connectivity index is 0.000000318. The number of benzene rings is 2. The Morgan fingerprint density at radius 2 is 1.73 bits per heavy atom. The first-order valence-electron chi connectivity index (χ1n) is 8.53. The van der Waals surface area contributed by atoms with Gasteiger partial charge >= 0.3 is 12.1 Å². The number of ether oxygens (including phenoxy) is 1. The first-order valence-corrected chi connectivity index (χ1v) is 8.53. The number of nitrogens with one attached hydrogen (secondary N) is 1. The monoisotopic (exact) mass is 419 g/mol. The van der Waals surface area contributed by atoms with Crippen LogP contribution in [0.5, 0.6) is 11.5 Å². The van der Waals surface area contributed by atoms with Crippen molar-refractivity contribution < 1.29 is 32.9 Å². The van der Waals surface area contributed by atoms with E-state index >= 15 is 0 Å². The van der Waals surface area contributed by atoms with E-state index in [-0.39, 0.29) is 5.75 Å². The Labute approximate surface area is 167 Å². The third-order valence-corrected chi connectivity index (χ3v) is 4.29. The molecule has 2 aromatic carbocycles. The van der Waals surface area contributed by atoms with E-state index in [4.69, 9.17) is 19.6 Å². The number of nitrogens with zero attached hydrogens (tertiary/aromatic N) is 2. The lowest BCUT2D eigenvalue weighted by atomic mass is 10.0. The number of hydrogen-bond donors (Lipinski definition) is 3. The van der Waals surface area contributed by atoms with E-state index in [1.54, 1.807) is 19.2 Å². The molecule has 0 aliphatic rings. The van der Waals surface area contributed by atoms with Crippen molar-refractivity contribution in [2.24, 2.45) is 0 Å². The van der Waals surface area contributed by atoms with Crippen LogP contribution in [0.25, 0.3) is 33.1 Å². The van der Waals surface area contributed by atoms with E-state index in [1.807, 2.05) is 37.3 Å². The van der Waals surface area contributed by atoms with Crippen LogP contribution in [0.3, 0.4) is 0 Å². The predicted octanol–water partition coefficient (Wildman–Crippen LogP) is 4.43. The van der Waals surface area contributed by atoms with Crippen molar-refractivity contribution in [1.82, 2.24) is 15.2 Å². The van der Waals surface area contributed by atoms with Gasteiger partial charge in [0.25, 0.3) is 0 Å². The average Bonchev–Trinajstić information content (AvgIpc) is 3.08. The van der Waals surface area contributed by atoms with Gasteiger partial charge in [-0.3, -0.25) is 5.10 Å². The summed E-state index contributed by atoms with van der Waals surface area (Å²) >= 11 is 0. The van der Waals surface area contributed by atoms with Gasteiger partial charge in [-0.05, 0) is 49.4 Å². The number of rotatable bonds is 2. The van der Waals surface area contributed by atoms with Crippen molar-refractivity contribution in [2.75, 3.05) is 7.11 Å². The zero-order valence-corrected chi connectivity index (χ0v) is 15.8. The highest BCUT2D eigenvalue weighted by molar-refractivity contribution is 6.11. The number of aryl methyl sites for hydroxylation is 1. The number of phenols is 1. The maximum Gasteiger partial charge on any atom is 0.490 e. The highest BCUT2D eigenvalue weighted by Crippen LogP contribution is 2.35. The van der Waals surface area contributed by atoms with Crippen LogP contribution in [0.1, 0.15) is 5.69 Å².